The molecule has 2 aromatic rings. The van der Waals surface area contributed by atoms with Crippen LogP contribution in [0.25, 0.3) is 11.4 Å². The van der Waals surface area contributed by atoms with Crippen LogP contribution >= 0.6 is 28.3 Å². The van der Waals surface area contributed by atoms with Gasteiger partial charge in [0.1, 0.15) is 16.5 Å². The molecule has 1 fully saturated rings. The molecule has 0 amide bonds. The van der Waals surface area contributed by atoms with E-state index in [4.69, 9.17) is 4.74 Å². The van der Waals surface area contributed by atoms with Crippen molar-refractivity contribution < 1.29 is 4.74 Å². The number of aromatic nitrogens is 4. The fourth-order valence-electron chi connectivity index (χ4n) is 2.45. The van der Waals surface area contributed by atoms with Crippen LogP contribution in [0.3, 0.4) is 0 Å². The first-order valence-electron chi connectivity index (χ1n) is 6.97. The topological polar surface area (TPSA) is 73.1 Å². The zero-order valence-electron chi connectivity index (χ0n) is 12.8. The molecule has 3 heterocycles. The monoisotopic (exact) mass is 401 g/mol. The molecule has 0 saturated carbocycles. The van der Waals surface area contributed by atoms with E-state index in [2.05, 4.69) is 42.7 Å². The molecule has 1 aliphatic rings. The van der Waals surface area contributed by atoms with Crippen LogP contribution in [-0.4, -0.2) is 45.3 Å². The molecule has 0 radical (unpaired) electrons. The first-order chi connectivity index (χ1) is 10.6. The van der Waals surface area contributed by atoms with Crippen molar-refractivity contribution in [3.8, 4) is 11.4 Å². The molecule has 7 nitrogen and oxygen atoms in total. The highest BCUT2D eigenvalue weighted by Gasteiger charge is 2.25. The Morgan fingerprint density at radius 3 is 2.87 bits per heavy atom. The zero-order chi connectivity index (χ0) is 15.7. The van der Waals surface area contributed by atoms with Gasteiger partial charge in [0.25, 0.3) is 5.56 Å². The molecule has 0 unspecified atom stereocenters. The van der Waals surface area contributed by atoms with Gasteiger partial charge in [0.15, 0.2) is 0 Å². The Kier molecular flexibility index (Phi) is 5.72. The van der Waals surface area contributed by atoms with Crippen LogP contribution in [0, 0.1) is 0 Å². The normalized spacial score (nSPS) is 17.7. The van der Waals surface area contributed by atoms with Crippen LogP contribution < -0.4 is 10.5 Å². The fraction of sp³-hybridized carbons (Fsp3) is 0.429. The molecule has 9 heteroatoms. The molecule has 0 aliphatic carbocycles. The van der Waals surface area contributed by atoms with Gasteiger partial charge < -0.3 is 9.64 Å². The van der Waals surface area contributed by atoms with Crippen molar-refractivity contribution in [1.29, 1.82) is 0 Å². The second kappa shape index (κ2) is 7.37. The van der Waals surface area contributed by atoms with E-state index in [0.29, 0.717) is 41.6 Å². The van der Waals surface area contributed by atoms with Gasteiger partial charge in [0.2, 0.25) is 5.95 Å². The van der Waals surface area contributed by atoms with Gasteiger partial charge in [-0.3, -0.25) is 9.36 Å². The summed E-state index contributed by atoms with van der Waals surface area (Å²) >= 11 is 3.34. The Balaban J connectivity index is 0.00000192. The predicted molar refractivity (Wildman–Crippen MR) is 93.1 cm³/mol. The average molecular weight is 403 g/mol. The number of hydrogen-bond acceptors (Lipinski definition) is 6. The fourth-order valence-corrected chi connectivity index (χ4v) is 3.00. The summed E-state index contributed by atoms with van der Waals surface area (Å²) in [6, 6.07) is 1.89. The summed E-state index contributed by atoms with van der Waals surface area (Å²) in [4.78, 5) is 27.4. The number of anilines is 1. The number of nitrogens with zero attached hydrogens (tertiary/aromatic N) is 5. The quantitative estimate of drug-likeness (QED) is 0.760. The summed E-state index contributed by atoms with van der Waals surface area (Å²) < 4.78 is 7.41. The van der Waals surface area contributed by atoms with E-state index in [1.54, 1.807) is 23.9 Å². The third-order valence-electron chi connectivity index (χ3n) is 3.66. The van der Waals surface area contributed by atoms with E-state index in [-0.39, 0.29) is 24.0 Å². The molecule has 0 aromatic carbocycles. The maximum Gasteiger partial charge on any atom is 0.269 e. The molecule has 3 rings (SSSR count). The summed E-state index contributed by atoms with van der Waals surface area (Å²) in [5, 5.41) is 0. The van der Waals surface area contributed by atoms with Crippen LogP contribution in [0.4, 0.5) is 5.95 Å². The maximum absolute atomic E-state index is 12.5. The van der Waals surface area contributed by atoms with Gasteiger partial charge in [0, 0.05) is 19.8 Å². The molecule has 0 spiro atoms. The summed E-state index contributed by atoms with van der Waals surface area (Å²) in [7, 11) is 1.72. The minimum Gasteiger partial charge on any atom is -0.377 e. The van der Waals surface area contributed by atoms with E-state index in [1.165, 1.54) is 6.33 Å². The Morgan fingerprint density at radius 2 is 2.22 bits per heavy atom. The largest absolute Gasteiger partial charge is 0.377 e. The zero-order valence-corrected chi connectivity index (χ0v) is 15.2. The van der Waals surface area contributed by atoms with Gasteiger partial charge >= 0.3 is 0 Å². The highest BCUT2D eigenvalue weighted by molar-refractivity contribution is 9.10. The third kappa shape index (κ3) is 3.39. The van der Waals surface area contributed by atoms with E-state index >= 15 is 0 Å². The van der Waals surface area contributed by atoms with Gasteiger partial charge in [0.05, 0.1) is 24.9 Å². The first kappa shape index (κ1) is 17.8. The van der Waals surface area contributed by atoms with Crippen LogP contribution in [0.5, 0.6) is 0 Å². The minimum atomic E-state index is -0.141. The predicted octanol–water partition coefficient (Wildman–Crippen LogP) is 1.65. The van der Waals surface area contributed by atoms with E-state index < -0.39 is 0 Å². The molecule has 1 saturated heterocycles. The number of morpholine rings is 1. The van der Waals surface area contributed by atoms with Gasteiger partial charge in [-0.2, -0.15) is 0 Å². The second-order valence-corrected chi connectivity index (χ2v) is 5.94. The van der Waals surface area contributed by atoms with Gasteiger partial charge in [-0.05, 0) is 28.9 Å². The van der Waals surface area contributed by atoms with Crippen molar-refractivity contribution in [2.45, 2.75) is 13.0 Å². The lowest BCUT2D eigenvalue weighted by Crippen LogP contribution is -2.46. The van der Waals surface area contributed by atoms with Crippen molar-refractivity contribution in [2.24, 2.45) is 7.05 Å². The Hall–Kier alpha value is -1.51. The summed E-state index contributed by atoms with van der Waals surface area (Å²) in [5.41, 5.74) is 0.998. The van der Waals surface area contributed by atoms with Crippen molar-refractivity contribution in [1.82, 2.24) is 19.5 Å². The van der Waals surface area contributed by atoms with Gasteiger partial charge in [-0.15, -0.1) is 12.4 Å². The number of halogens is 2. The lowest BCUT2D eigenvalue weighted by atomic mass is 10.2. The van der Waals surface area contributed by atoms with Crippen molar-refractivity contribution in [2.75, 3.05) is 24.7 Å². The Labute approximate surface area is 148 Å². The number of ether oxygens (including phenoxy) is 1. The highest BCUT2D eigenvalue weighted by Crippen LogP contribution is 2.25. The summed E-state index contributed by atoms with van der Waals surface area (Å²) in [5.74, 6) is 0.623. The van der Waals surface area contributed by atoms with Gasteiger partial charge in [-0.1, -0.05) is 0 Å². The highest BCUT2D eigenvalue weighted by atomic mass is 79.9. The SMILES string of the molecule is C[C@@H]1COCCN1c1nc(-c2ccncn2)c(Br)c(=O)n1C.Cl. The lowest BCUT2D eigenvalue weighted by Gasteiger charge is -2.35. The van der Waals surface area contributed by atoms with Crippen LogP contribution in [0.15, 0.2) is 27.9 Å². The first-order valence-corrected chi connectivity index (χ1v) is 7.76. The van der Waals surface area contributed by atoms with E-state index in [9.17, 15) is 4.79 Å². The van der Waals surface area contributed by atoms with Crippen LogP contribution in [-0.2, 0) is 11.8 Å². The average Bonchev–Trinajstić information content (AvgIpc) is 2.55. The van der Waals surface area contributed by atoms with Crippen molar-refractivity contribution >= 4 is 34.3 Å². The van der Waals surface area contributed by atoms with Crippen molar-refractivity contribution in [3.05, 3.63) is 33.4 Å². The number of hydrogen-bond donors (Lipinski definition) is 0. The molecule has 2 aromatic heterocycles. The van der Waals surface area contributed by atoms with Gasteiger partial charge in [-0.25, -0.2) is 15.0 Å². The molecular weight excluding hydrogens is 386 g/mol. The molecule has 124 valence electrons. The lowest BCUT2D eigenvalue weighted by molar-refractivity contribution is 0.0976. The smallest absolute Gasteiger partial charge is 0.269 e. The summed E-state index contributed by atoms with van der Waals surface area (Å²) in [6.07, 6.45) is 3.07. The van der Waals surface area contributed by atoms with E-state index in [0.717, 1.165) is 0 Å². The molecule has 23 heavy (non-hydrogen) atoms. The molecule has 0 N–H and O–H groups in total. The Morgan fingerprint density at radius 1 is 1.43 bits per heavy atom. The van der Waals surface area contributed by atoms with Crippen molar-refractivity contribution in [3.63, 3.8) is 0 Å². The molecule has 1 aliphatic heterocycles. The molecular formula is C14H17BrClN5O2. The Bertz CT molecular complexity index is 740. The minimum absolute atomic E-state index is 0. The molecule has 1 atom stereocenters. The number of rotatable bonds is 2. The summed E-state index contributed by atoms with van der Waals surface area (Å²) in [6.45, 7) is 4.00. The maximum atomic E-state index is 12.5. The standard InChI is InChI=1S/C14H16BrN5O2.ClH/c1-9-7-22-6-5-20(9)14-18-12(10-3-4-16-8-17-10)11(15)13(21)19(14)2;/h3-4,8-9H,5-7H2,1-2H3;1H/t9-;/m1./s1. The second-order valence-electron chi connectivity index (χ2n) is 5.15. The third-order valence-corrected chi connectivity index (χ3v) is 4.38. The van der Waals surface area contributed by atoms with Crippen LogP contribution in [0.1, 0.15) is 6.92 Å². The molecule has 0 bridgehead atoms. The van der Waals surface area contributed by atoms with E-state index in [1.807, 2.05) is 0 Å². The van der Waals surface area contributed by atoms with Crippen LogP contribution in [0.2, 0.25) is 0 Å².